The van der Waals surface area contributed by atoms with Crippen LogP contribution in [-0.2, 0) is 4.74 Å². The first-order valence-electron chi connectivity index (χ1n) is 5.00. The first-order chi connectivity index (χ1) is 5.70. The number of hydrogen-bond acceptors (Lipinski definition) is 2. The van der Waals surface area contributed by atoms with E-state index >= 15 is 0 Å². The Hall–Kier alpha value is -0.0800. The molecule has 70 valence electrons. The molecular weight excluding hydrogens is 152 g/mol. The smallest absolute Gasteiger partial charge is 0.157 e. The van der Waals surface area contributed by atoms with E-state index in [0.717, 1.165) is 6.61 Å². The Labute approximate surface area is 73.9 Å². The van der Waals surface area contributed by atoms with E-state index in [-0.39, 0.29) is 0 Å². The van der Waals surface area contributed by atoms with Crippen molar-refractivity contribution in [3.63, 3.8) is 0 Å². The molecule has 2 fully saturated rings. The standard InChI is InChI=1S/C10H18O2/c1-6-3-4-8-7(2)5-12-10(11)9(6)8/h6-11H,3-5H2,1-2H3/t6-,7?,8+,9-,10-/m0/s1. The van der Waals surface area contributed by atoms with Crippen molar-refractivity contribution in [2.45, 2.75) is 33.0 Å². The van der Waals surface area contributed by atoms with Crippen molar-refractivity contribution in [1.29, 1.82) is 0 Å². The van der Waals surface area contributed by atoms with Crippen molar-refractivity contribution in [2.75, 3.05) is 6.61 Å². The van der Waals surface area contributed by atoms with Crippen LogP contribution in [0.25, 0.3) is 0 Å². The molecule has 1 aliphatic carbocycles. The molecule has 5 atom stereocenters. The van der Waals surface area contributed by atoms with Gasteiger partial charge in [-0.3, -0.25) is 0 Å². The molecule has 1 heterocycles. The van der Waals surface area contributed by atoms with Crippen molar-refractivity contribution in [1.82, 2.24) is 0 Å². The molecule has 1 saturated heterocycles. The van der Waals surface area contributed by atoms with Crippen LogP contribution in [0.2, 0.25) is 0 Å². The van der Waals surface area contributed by atoms with Crippen LogP contribution in [0.5, 0.6) is 0 Å². The summed E-state index contributed by atoms with van der Waals surface area (Å²) in [6, 6.07) is 0. The molecule has 2 rings (SSSR count). The van der Waals surface area contributed by atoms with E-state index in [1.807, 2.05) is 0 Å². The zero-order valence-electron chi connectivity index (χ0n) is 7.86. The predicted octanol–water partition coefficient (Wildman–Crippen LogP) is 1.63. The van der Waals surface area contributed by atoms with Crippen molar-refractivity contribution < 1.29 is 9.84 Å². The van der Waals surface area contributed by atoms with E-state index in [9.17, 15) is 5.11 Å². The van der Waals surface area contributed by atoms with Gasteiger partial charge >= 0.3 is 0 Å². The average Bonchev–Trinajstić information content (AvgIpc) is 2.42. The Morgan fingerprint density at radius 1 is 1.17 bits per heavy atom. The molecule has 1 unspecified atom stereocenters. The van der Waals surface area contributed by atoms with Gasteiger partial charge in [-0.2, -0.15) is 0 Å². The van der Waals surface area contributed by atoms with Crippen LogP contribution in [0.15, 0.2) is 0 Å². The summed E-state index contributed by atoms with van der Waals surface area (Å²) in [5.41, 5.74) is 0. The highest BCUT2D eigenvalue weighted by Crippen LogP contribution is 2.45. The molecule has 2 heteroatoms. The monoisotopic (exact) mass is 170 g/mol. The number of ether oxygens (including phenoxy) is 1. The Morgan fingerprint density at radius 3 is 2.58 bits per heavy atom. The van der Waals surface area contributed by atoms with Gasteiger partial charge in [0.1, 0.15) is 0 Å². The van der Waals surface area contributed by atoms with E-state index < -0.39 is 6.29 Å². The summed E-state index contributed by atoms with van der Waals surface area (Å²) in [7, 11) is 0. The lowest BCUT2D eigenvalue weighted by molar-refractivity contribution is -0.195. The van der Waals surface area contributed by atoms with E-state index in [1.54, 1.807) is 0 Å². The van der Waals surface area contributed by atoms with E-state index in [4.69, 9.17) is 4.74 Å². The highest BCUT2D eigenvalue weighted by molar-refractivity contribution is 4.89. The minimum atomic E-state index is -0.483. The second kappa shape index (κ2) is 3.00. The minimum absolute atomic E-state index is 0.411. The van der Waals surface area contributed by atoms with Crippen LogP contribution < -0.4 is 0 Å². The Morgan fingerprint density at radius 2 is 1.92 bits per heavy atom. The van der Waals surface area contributed by atoms with E-state index in [2.05, 4.69) is 13.8 Å². The van der Waals surface area contributed by atoms with Crippen molar-refractivity contribution in [3.05, 3.63) is 0 Å². The van der Waals surface area contributed by atoms with Gasteiger partial charge in [-0.15, -0.1) is 0 Å². The van der Waals surface area contributed by atoms with Gasteiger partial charge in [0.2, 0.25) is 0 Å². The third-order valence-corrected chi connectivity index (χ3v) is 3.70. The lowest BCUT2D eigenvalue weighted by atomic mass is 9.80. The average molecular weight is 170 g/mol. The second-order valence-corrected chi connectivity index (χ2v) is 4.50. The van der Waals surface area contributed by atoms with Gasteiger partial charge in [-0.05, 0) is 30.6 Å². The van der Waals surface area contributed by atoms with Crippen LogP contribution in [0.3, 0.4) is 0 Å². The minimum Gasteiger partial charge on any atom is -0.368 e. The Bertz CT molecular complexity index is 169. The number of rotatable bonds is 0. The molecule has 0 aromatic carbocycles. The van der Waals surface area contributed by atoms with Gasteiger partial charge in [0.05, 0.1) is 6.61 Å². The summed E-state index contributed by atoms with van der Waals surface area (Å²) in [5.74, 6) is 2.41. The molecule has 2 aliphatic rings. The highest BCUT2D eigenvalue weighted by Gasteiger charge is 2.44. The topological polar surface area (TPSA) is 29.5 Å². The zero-order chi connectivity index (χ0) is 8.72. The van der Waals surface area contributed by atoms with Crippen LogP contribution in [0.1, 0.15) is 26.7 Å². The molecule has 0 aromatic rings. The molecule has 1 saturated carbocycles. The number of fused-ring (bicyclic) bond motifs is 1. The Kier molecular flexibility index (Phi) is 2.13. The number of hydrogen-bond donors (Lipinski definition) is 1. The van der Waals surface area contributed by atoms with Gasteiger partial charge in [0.15, 0.2) is 6.29 Å². The first kappa shape index (κ1) is 8.52. The van der Waals surface area contributed by atoms with E-state index in [1.165, 1.54) is 12.8 Å². The fourth-order valence-corrected chi connectivity index (χ4v) is 2.90. The van der Waals surface area contributed by atoms with Gasteiger partial charge < -0.3 is 9.84 Å². The quantitative estimate of drug-likeness (QED) is 0.598. The molecule has 12 heavy (non-hydrogen) atoms. The van der Waals surface area contributed by atoms with Crippen LogP contribution >= 0.6 is 0 Å². The molecular formula is C10H18O2. The third kappa shape index (κ3) is 1.17. The predicted molar refractivity (Wildman–Crippen MR) is 46.5 cm³/mol. The lowest BCUT2D eigenvalue weighted by Gasteiger charge is -2.37. The van der Waals surface area contributed by atoms with Crippen molar-refractivity contribution in [2.24, 2.45) is 23.7 Å². The molecule has 0 aromatic heterocycles. The maximum absolute atomic E-state index is 9.65. The van der Waals surface area contributed by atoms with Crippen molar-refractivity contribution >= 4 is 0 Å². The highest BCUT2D eigenvalue weighted by atomic mass is 16.6. The maximum atomic E-state index is 9.65. The molecule has 0 amide bonds. The summed E-state index contributed by atoms with van der Waals surface area (Å²) in [4.78, 5) is 0. The first-order valence-corrected chi connectivity index (χ1v) is 5.00. The second-order valence-electron chi connectivity index (χ2n) is 4.50. The summed E-state index contributed by atoms with van der Waals surface area (Å²) in [5, 5.41) is 9.65. The molecule has 0 spiro atoms. The molecule has 2 nitrogen and oxygen atoms in total. The summed E-state index contributed by atoms with van der Waals surface area (Å²) in [6.45, 7) is 5.21. The summed E-state index contributed by atoms with van der Waals surface area (Å²) < 4.78 is 5.33. The van der Waals surface area contributed by atoms with Crippen LogP contribution in [0.4, 0.5) is 0 Å². The summed E-state index contributed by atoms with van der Waals surface area (Å²) in [6.07, 6.45) is 2.07. The van der Waals surface area contributed by atoms with E-state index in [0.29, 0.717) is 23.7 Å². The summed E-state index contributed by atoms with van der Waals surface area (Å²) >= 11 is 0. The maximum Gasteiger partial charge on any atom is 0.157 e. The van der Waals surface area contributed by atoms with Gasteiger partial charge in [0.25, 0.3) is 0 Å². The zero-order valence-corrected chi connectivity index (χ0v) is 7.86. The van der Waals surface area contributed by atoms with Crippen molar-refractivity contribution in [3.8, 4) is 0 Å². The molecule has 1 N–H and O–H groups in total. The molecule has 1 aliphatic heterocycles. The number of aliphatic hydroxyl groups excluding tert-OH is 1. The van der Waals surface area contributed by atoms with Gasteiger partial charge in [-0.25, -0.2) is 0 Å². The molecule has 0 bridgehead atoms. The third-order valence-electron chi connectivity index (χ3n) is 3.70. The molecule has 0 radical (unpaired) electrons. The SMILES string of the molecule is CC1CO[C@H](O)[C@@H]2[C@@H]1CC[C@@H]2C. The van der Waals surface area contributed by atoms with Crippen LogP contribution in [0, 0.1) is 23.7 Å². The number of aliphatic hydroxyl groups is 1. The largest absolute Gasteiger partial charge is 0.368 e. The fourth-order valence-electron chi connectivity index (χ4n) is 2.90. The lowest BCUT2D eigenvalue weighted by Crippen LogP contribution is -2.40. The fraction of sp³-hybridized carbons (Fsp3) is 1.00. The normalized spacial score (nSPS) is 53.8. The van der Waals surface area contributed by atoms with Gasteiger partial charge in [0, 0.05) is 5.92 Å². The van der Waals surface area contributed by atoms with Crippen LogP contribution in [-0.4, -0.2) is 18.0 Å². The van der Waals surface area contributed by atoms with Gasteiger partial charge in [-0.1, -0.05) is 13.8 Å². The Balaban J connectivity index is 2.13.